The topological polar surface area (TPSA) is 50.4 Å². The third-order valence-electron chi connectivity index (χ3n) is 3.42. The van der Waals surface area contributed by atoms with Crippen LogP contribution in [0.15, 0.2) is 36.4 Å². The molecule has 0 bridgehead atoms. The number of hydrogen-bond acceptors (Lipinski definition) is 2. The third-order valence-corrected chi connectivity index (χ3v) is 3.68. The fourth-order valence-corrected chi connectivity index (χ4v) is 2.16. The highest BCUT2D eigenvalue weighted by Crippen LogP contribution is 2.25. The van der Waals surface area contributed by atoms with Crippen molar-refractivity contribution < 1.29 is 9.53 Å². The molecule has 2 aromatic carbocycles. The van der Waals surface area contributed by atoms with Crippen molar-refractivity contribution in [2.45, 2.75) is 20.8 Å². The Morgan fingerprint density at radius 1 is 1.05 bits per heavy atom. The molecule has 0 unspecified atom stereocenters. The smallest absolute Gasteiger partial charge is 0.321 e. The Morgan fingerprint density at radius 3 is 2.36 bits per heavy atom. The zero-order valence-corrected chi connectivity index (χ0v) is 13.6. The first kappa shape index (κ1) is 16.2. The molecule has 22 heavy (non-hydrogen) atoms. The molecule has 5 heteroatoms. The molecular weight excluding hydrogens is 300 g/mol. The Kier molecular flexibility index (Phi) is 5.28. The highest BCUT2D eigenvalue weighted by Gasteiger charge is 2.07. The molecule has 0 saturated heterocycles. The van der Waals surface area contributed by atoms with Crippen molar-refractivity contribution in [2.75, 3.05) is 12.0 Å². The Morgan fingerprint density at radius 2 is 1.68 bits per heavy atom. The molecule has 4 nitrogen and oxygen atoms in total. The van der Waals surface area contributed by atoms with Gasteiger partial charge in [-0.15, -0.1) is 0 Å². The second kappa shape index (κ2) is 7.18. The van der Waals surface area contributed by atoms with Crippen molar-refractivity contribution in [3.63, 3.8) is 0 Å². The second-order valence-electron chi connectivity index (χ2n) is 5.08. The van der Waals surface area contributed by atoms with E-state index in [9.17, 15) is 4.79 Å². The van der Waals surface area contributed by atoms with E-state index in [1.807, 2.05) is 26.8 Å². The van der Waals surface area contributed by atoms with E-state index in [0.29, 0.717) is 10.7 Å². The van der Waals surface area contributed by atoms with Gasteiger partial charge in [0.1, 0.15) is 5.75 Å². The Bertz CT molecular complexity index is 669. The number of carbonyl (C=O) groups is 1. The van der Waals surface area contributed by atoms with E-state index in [1.165, 1.54) is 0 Å². The van der Waals surface area contributed by atoms with E-state index >= 15 is 0 Å². The van der Waals surface area contributed by atoms with Gasteiger partial charge in [0.25, 0.3) is 0 Å². The molecule has 0 heterocycles. The van der Waals surface area contributed by atoms with Gasteiger partial charge in [-0.25, -0.2) is 4.79 Å². The summed E-state index contributed by atoms with van der Waals surface area (Å²) >= 11 is 5.79. The number of hydrogen-bond donors (Lipinski definition) is 2. The van der Waals surface area contributed by atoms with Crippen LogP contribution in [0.2, 0.25) is 5.02 Å². The SMILES string of the molecule is Cc1ccc(C)c(OCNC(=O)Nc2ccc(Cl)cc2)c1C. The van der Waals surface area contributed by atoms with Crippen molar-refractivity contribution in [1.29, 1.82) is 0 Å². The van der Waals surface area contributed by atoms with Gasteiger partial charge in [-0.2, -0.15) is 0 Å². The lowest BCUT2D eigenvalue weighted by atomic mass is 10.1. The van der Waals surface area contributed by atoms with E-state index in [1.54, 1.807) is 24.3 Å². The Labute approximate surface area is 135 Å². The van der Waals surface area contributed by atoms with Gasteiger partial charge in [0.05, 0.1) is 0 Å². The average Bonchev–Trinajstić information content (AvgIpc) is 2.49. The maximum absolute atomic E-state index is 11.8. The van der Waals surface area contributed by atoms with E-state index in [0.717, 1.165) is 22.4 Å². The summed E-state index contributed by atoms with van der Waals surface area (Å²) in [5.41, 5.74) is 3.96. The molecule has 116 valence electrons. The fourth-order valence-electron chi connectivity index (χ4n) is 2.03. The largest absolute Gasteiger partial charge is 0.473 e. The Balaban J connectivity index is 1.87. The number of anilines is 1. The molecule has 0 aliphatic rings. The van der Waals surface area contributed by atoms with Crippen LogP contribution < -0.4 is 15.4 Å². The van der Waals surface area contributed by atoms with E-state index in [-0.39, 0.29) is 12.8 Å². The molecule has 0 spiro atoms. The zero-order chi connectivity index (χ0) is 16.1. The summed E-state index contributed by atoms with van der Waals surface area (Å²) in [7, 11) is 0. The minimum absolute atomic E-state index is 0.102. The molecular formula is C17H19ClN2O2. The Hall–Kier alpha value is -2.20. The van der Waals surface area contributed by atoms with Crippen LogP contribution in [0, 0.1) is 20.8 Å². The van der Waals surface area contributed by atoms with Crippen LogP contribution in [0.25, 0.3) is 0 Å². The molecule has 0 radical (unpaired) electrons. The molecule has 2 rings (SSSR count). The molecule has 0 aliphatic carbocycles. The molecule has 0 fully saturated rings. The zero-order valence-electron chi connectivity index (χ0n) is 12.9. The first-order valence-electron chi connectivity index (χ1n) is 6.97. The number of benzene rings is 2. The summed E-state index contributed by atoms with van der Waals surface area (Å²) in [6.45, 7) is 6.12. The van der Waals surface area contributed by atoms with Crippen molar-refractivity contribution in [3.8, 4) is 5.75 Å². The van der Waals surface area contributed by atoms with Crippen LogP contribution in [0.5, 0.6) is 5.75 Å². The summed E-state index contributed by atoms with van der Waals surface area (Å²) in [5.74, 6) is 0.812. The molecule has 0 atom stereocenters. The van der Waals surface area contributed by atoms with Gasteiger partial charge in [0.2, 0.25) is 0 Å². The number of rotatable bonds is 4. The summed E-state index contributed by atoms with van der Waals surface area (Å²) < 4.78 is 5.68. The fraction of sp³-hybridized carbons (Fsp3) is 0.235. The summed E-state index contributed by atoms with van der Waals surface area (Å²) in [6, 6.07) is 10.6. The third kappa shape index (κ3) is 4.15. The predicted octanol–water partition coefficient (Wildman–Crippen LogP) is 4.42. The number of ether oxygens (including phenoxy) is 1. The summed E-state index contributed by atoms with van der Waals surface area (Å²) in [5, 5.41) is 5.99. The van der Waals surface area contributed by atoms with Crippen LogP contribution in [-0.2, 0) is 0 Å². The first-order chi connectivity index (χ1) is 10.5. The lowest BCUT2D eigenvalue weighted by molar-refractivity contribution is 0.234. The highest BCUT2D eigenvalue weighted by molar-refractivity contribution is 6.30. The normalized spacial score (nSPS) is 10.2. The molecule has 2 amide bonds. The van der Waals surface area contributed by atoms with E-state index in [2.05, 4.69) is 16.7 Å². The lowest BCUT2D eigenvalue weighted by Gasteiger charge is -2.14. The highest BCUT2D eigenvalue weighted by atomic mass is 35.5. The molecule has 2 N–H and O–H groups in total. The van der Waals surface area contributed by atoms with Crippen LogP contribution in [-0.4, -0.2) is 12.8 Å². The minimum atomic E-state index is -0.328. The predicted molar refractivity (Wildman–Crippen MR) is 89.8 cm³/mol. The first-order valence-corrected chi connectivity index (χ1v) is 7.35. The van der Waals surface area contributed by atoms with Crippen molar-refractivity contribution in [3.05, 3.63) is 58.1 Å². The van der Waals surface area contributed by atoms with Gasteiger partial charge in [0.15, 0.2) is 6.73 Å². The maximum Gasteiger partial charge on any atom is 0.321 e. The summed E-state index contributed by atoms with van der Waals surface area (Å²) in [6.07, 6.45) is 0. The number of amides is 2. The monoisotopic (exact) mass is 318 g/mol. The van der Waals surface area contributed by atoms with Crippen molar-refractivity contribution in [2.24, 2.45) is 0 Å². The van der Waals surface area contributed by atoms with Crippen molar-refractivity contribution >= 4 is 23.3 Å². The molecule has 0 aromatic heterocycles. The number of carbonyl (C=O) groups excluding carboxylic acids is 1. The van der Waals surface area contributed by atoms with E-state index in [4.69, 9.17) is 16.3 Å². The molecule has 2 aromatic rings. The van der Waals surface area contributed by atoms with Crippen LogP contribution in [0.1, 0.15) is 16.7 Å². The standard InChI is InChI=1S/C17H19ClN2O2/c1-11-4-5-12(2)16(13(11)3)22-10-19-17(21)20-15-8-6-14(18)7-9-15/h4-9H,10H2,1-3H3,(H2,19,20,21). The molecule has 0 saturated carbocycles. The van der Waals surface area contributed by atoms with Gasteiger partial charge >= 0.3 is 6.03 Å². The minimum Gasteiger partial charge on any atom is -0.473 e. The number of nitrogens with one attached hydrogen (secondary N) is 2. The van der Waals surface area contributed by atoms with Gasteiger partial charge in [0, 0.05) is 10.7 Å². The number of aryl methyl sites for hydroxylation is 2. The van der Waals surface area contributed by atoms with Crippen LogP contribution >= 0.6 is 11.6 Å². The maximum atomic E-state index is 11.8. The lowest BCUT2D eigenvalue weighted by Crippen LogP contribution is -2.32. The van der Waals surface area contributed by atoms with Crippen LogP contribution in [0.3, 0.4) is 0 Å². The quantitative estimate of drug-likeness (QED) is 0.820. The molecule has 0 aliphatic heterocycles. The van der Waals surface area contributed by atoms with Crippen LogP contribution in [0.4, 0.5) is 10.5 Å². The summed E-state index contributed by atoms with van der Waals surface area (Å²) in [4.78, 5) is 11.8. The van der Waals surface area contributed by atoms with E-state index < -0.39 is 0 Å². The number of urea groups is 1. The average molecular weight is 319 g/mol. The van der Waals surface area contributed by atoms with Gasteiger partial charge in [-0.3, -0.25) is 0 Å². The van der Waals surface area contributed by atoms with Gasteiger partial charge < -0.3 is 15.4 Å². The van der Waals surface area contributed by atoms with Crippen molar-refractivity contribution in [1.82, 2.24) is 5.32 Å². The van der Waals surface area contributed by atoms with Gasteiger partial charge in [-0.05, 0) is 61.7 Å². The van der Waals surface area contributed by atoms with Gasteiger partial charge in [-0.1, -0.05) is 23.7 Å². The number of halogens is 1. The second-order valence-corrected chi connectivity index (χ2v) is 5.52.